The van der Waals surface area contributed by atoms with Gasteiger partial charge in [-0.15, -0.1) is 0 Å². The minimum absolute atomic E-state index is 0.0386. The fourth-order valence-corrected chi connectivity index (χ4v) is 5.39. The summed E-state index contributed by atoms with van der Waals surface area (Å²) < 4.78 is 14.8. The first-order valence-electron chi connectivity index (χ1n) is 11.6. The largest absolute Gasteiger partial charge is 0.207 e. The lowest BCUT2D eigenvalue weighted by Crippen LogP contribution is -2.23. The zero-order valence-corrected chi connectivity index (χ0v) is 17.6. The van der Waals surface area contributed by atoms with Gasteiger partial charge in [0.15, 0.2) is 0 Å². The lowest BCUT2D eigenvalue weighted by atomic mass is 9.69. The molecule has 150 valence electrons. The van der Waals surface area contributed by atoms with E-state index in [4.69, 9.17) is 0 Å². The van der Waals surface area contributed by atoms with Crippen molar-refractivity contribution in [1.82, 2.24) is 0 Å². The van der Waals surface area contributed by atoms with Crippen molar-refractivity contribution < 1.29 is 4.39 Å². The van der Waals surface area contributed by atoms with Gasteiger partial charge in [0, 0.05) is 0 Å². The Kier molecular flexibility index (Phi) is 7.97. The molecule has 2 atom stereocenters. The summed E-state index contributed by atoms with van der Waals surface area (Å²) in [5.74, 6) is 3.05. The second kappa shape index (κ2) is 10.4. The maximum atomic E-state index is 14.8. The Hall–Kier alpha value is -1.11. The molecule has 1 fully saturated rings. The summed E-state index contributed by atoms with van der Waals surface area (Å²) in [6.45, 7) is 4.51. The molecular weight excluding hydrogens is 331 g/mol. The van der Waals surface area contributed by atoms with E-state index in [-0.39, 0.29) is 5.82 Å². The molecule has 2 aliphatic carbocycles. The maximum Gasteiger partial charge on any atom is 0.126 e. The summed E-state index contributed by atoms with van der Waals surface area (Å²) in [4.78, 5) is 0. The van der Waals surface area contributed by atoms with Crippen molar-refractivity contribution in [2.24, 2.45) is 17.8 Å². The minimum atomic E-state index is 0.0386. The topological polar surface area (TPSA) is 0 Å². The van der Waals surface area contributed by atoms with Crippen LogP contribution in [0.2, 0.25) is 0 Å². The fraction of sp³-hybridized carbons (Fsp3) is 0.692. The van der Waals surface area contributed by atoms with E-state index >= 15 is 0 Å². The van der Waals surface area contributed by atoms with E-state index in [0.29, 0.717) is 5.92 Å². The lowest BCUT2D eigenvalue weighted by Gasteiger charge is -2.36. The average Bonchev–Trinajstić information content (AvgIpc) is 2.72. The number of allylic oxidation sites excluding steroid dienone is 2. The third kappa shape index (κ3) is 5.69. The SMILES string of the molecule is CCCCc1ccc(C(CC2CC=CCC2)C2CCC(CC)CC2)cc1F. The van der Waals surface area contributed by atoms with Gasteiger partial charge < -0.3 is 0 Å². The van der Waals surface area contributed by atoms with Gasteiger partial charge in [-0.05, 0) is 92.2 Å². The summed E-state index contributed by atoms with van der Waals surface area (Å²) in [7, 11) is 0. The highest BCUT2D eigenvalue weighted by molar-refractivity contribution is 5.28. The van der Waals surface area contributed by atoms with Gasteiger partial charge >= 0.3 is 0 Å². The molecule has 2 unspecified atom stereocenters. The van der Waals surface area contributed by atoms with E-state index in [0.717, 1.165) is 42.6 Å². The van der Waals surface area contributed by atoms with Gasteiger partial charge in [0.1, 0.15) is 5.82 Å². The first-order chi connectivity index (χ1) is 13.2. The van der Waals surface area contributed by atoms with Crippen LogP contribution in [0.5, 0.6) is 0 Å². The van der Waals surface area contributed by atoms with Crippen molar-refractivity contribution in [3.63, 3.8) is 0 Å². The van der Waals surface area contributed by atoms with Crippen molar-refractivity contribution in [2.45, 2.75) is 96.8 Å². The van der Waals surface area contributed by atoms with Crippen LogP contribution >= 0.6 is 0 Å². The van der Waals surface area contributed by atoms with Gasteiger partial charge in [-0.25, -0.2) is 4.39 Å². The van der Waals surface area contributed by atoms with E-state index < -0.39 is 0 Å². The molecule has 1 saturated carbocycles. The second-order valence-electron chi connectivity index (χ2n) is 9.14. The Bertz CT molecular complexity index is 594. The van der Waals surface area contributed by atoms with Gasteiger partial charge in [0.2, 0.25) is 0 Å². The molecule has 0 saturated heterocycles. The Morgan fingerprint density at radius 1 is 1.00 bits per heavy atom. The first kappa shape index (κ1) is 20.6. The van der Waals surface area contributed by atoms with Crippen LogP contribution in [0, 0.1) is 23.6 Å². The standard InChI is InChI=1S/C26H39F/c1-3-5-11-23-16-17-24(19-26(23)27)25(18-21-9-7-6-8-10-21)22-14-12-20(4-2)13-15-22/h6-7,16-17,19-22,25H,3-5,8-15,18H2,1-2H3. The Morgan fingerprint density at radius 2 is 1.81 bits per heavy atom. The predicted octanol–water partition coefficient (Wildman–Crippen LogP) is 8.21. The smallest absolute Gasteiger partial charge is 0.126 e. The number of aryl methyl sites for hydroxylation is 1. The van der Waals surface area contributed by atoms with Crippen LogP contribution in [-0.2, 0) is 6.42 Å². The summed E-state index contributed by atoms with van der Waals surface area (Å²) >= 11 is 0. The third-order valence-corrected chi connectivity index (χ3v) is 7.31. The second-order valence-corrected chi connectivity index (χ2v) is 9.14. The Balaban J connectivity index is 1.76. The molecular formula is C26H39F. The molecule has 1 aromatic carbocycles. The van der Waals surface area contributed by atoms with Gasteiger partial charge in [-0.1, -0.05) is 63.8 Å². The van der Waals surface area contributed by atoms with E-state index in [1.807, 2.05) is 6.07 Å². The molecule has 0 bridgehead atoms. The van der Waals surface area contributed by atoms with Crippen LogP contribution in [-0.4, -0.2) is 0 Å². The fourth-order valence-electron chi connectivity index (χ4n) is 5.39. The molecule has 0 heterocycles. The lowest BCUT2D eigenvalue weighted by molar-refractivity contribution is 0.215. The molecule has 2 aliphatic rings. The van der Waals surface area contributed by atoms with E-state index in [1.54, 1.807) is 0 Å². The number of hydrogen-bond acceptors (Lipinski definition) is 0. The highest BCUT2D eigenvalue weighted by Gasteiger charge is 2.30. The van der Waals surface area contributed by atoms with Crippen LogP contribution in [0.3, 0.4) is 0 Å². The summed E-state index contributed by atoms with van der Waals surface area (Å²) in [5, 5.41) is 0. The highest BCUT2D eigenvalue weighted by Crippen LogP contribution is 2.44. The van der Waals surface area contributed by atoms with Crippen LogP contribution in [0.1, 0.15) is 102 Å². The molecule has 0 aliphatic heterocycles. The van der Waals surface area contributed by atoms with Crippen LogP contribution < -0.4 is 0 Å². The van der Waals surface area contributed by atoms with Gasteiger partial charge in [0.05, 0.1) is 0 Å². The zero-order valence-electron chi connectivity index (χ0n) is 17.6. The molecule has 1 aromatic rings. The van der Waals surface area contributed by atoms with Crippen molar-refractivity contribution in [3.05, 3.63) is 47.3 Å². The molecule has 3 rings (SSSR count). The maximum absolute atomic E-state index is 14.8. The Labute approximate surface area is 166 Å². The number of unbranched alkanes of at least 4 members (excludes halogenated alkanes) is 1. The normalized spacial score (nSPS) is 26.9. The molecule has 0 amide bonds. The van der Waals surface area contributed by atoms with Crippen molar-refractivity contribution >= 4 is 0 Å². The van der Waals surface area contributed by atoms with Crippen molar-refractivity contribution in [2.75, 3.05) is 0 Å². The molecule has 27 heavy (non-hydrogen) atoms. The van der Waals surface area contributed by atoms with E-state index in [1.165, 1.54) is 63.4 Å². The van der Waals surface area contributed by atoms with E-state index in [2.05, 4.69) is 38.1 Å². The summed E-state index contributed by atoms with van der Waals surface area (Å²) in [5.41, 5.74) is 2.19. The quantitative estimate of drug-likeness (QED) is 0.404. The van der Waals surface area contributed by atoms with Crippen molar-refractivity contribution in [1.29, 1.82) is 0 Å². The zero-order chi connectivity index (χ0) is 19.1. The van der Waals surface area contributed by atoms with Crippen molar-refractivity contribution in [3.8, 4) is 0 Å². The van der Waals surface area contributed by atoms with Crippen LogP contribution in [0.25, 0.3) is 0 Å². The third-order valence-electron chi connectivity index (χ3n) is 7.31. The highest BCUT2D eigenvalue weighted by atomic mass is 19.1. The summed E-state index contributed by atoms with van der Waals surface area (Å²) in [6.07, 6.45) is 19.5. The van der Waals surface area contributed by atoms with Gasteiger partial charge in [-0.2, -0.15) is 0 Å². The predicted molar refractivity (Wildman–Crippen MR) is 115 cm³/mol. The number of rotatable bonds is 8. The molecule has 0 N–H and O–H groups in total. The molecule has 0 nitrogen and oxygen atoms in total. The average molecular weight is 371 g/mol. The van der Waals surface area contributed by atoms with Crippen LogP contribution in [0.4, 0.5) is 4.39 Å². The molecule has 0 radical (unpaired) electrons. The molecule has 0 aromatic heterocycles. The first-order valence-corrected chi connectivity index (χ1v) is 11.6. The van der Waals surface area contributed by atoms with Gasteiger partial charge in [0.25, 0.3) is 0 Å². The van der Waals surface area contributed by atoms with E-state index in [9.17, 15) is 4.39 Å². The molecule has 1 heteroatoms. The number of benzene rings is 1. The van der Waals surface area contributed by atoms with Crippen LogP contribution in [0.15, 0.2) is 30.4 Å². The molecule has 0 spiro atoms. The number of halogens is 1. The number of hydrogen-bond donors (Lipinski definition) is 0. The Morgan fingerprint density at radius 3 is 2.44 bits per heavy atom. The monoisotopic (exact) mass is 370 g/mol. The minimum Gasteiger partial charge on any atom is -0.207 e. The van der Waals surface area contributed by atoms with Gasteiger partial charge in [-0.3, -0.25) is 0 Å². The summed E-state index contributed by atoms with van der Waals surface area (Å²) in [6, 6.07) is 6.26.